The fraction of sp³-hybridized carbons (Fsp3) is 0.500. The molecule has 0 aliphatic carbocycles. The third-order valence-electron chi connectivity index (χ3n) is 3.45. The van der Waals surface area contributed by atoms with Gasteiger partial charge in [-0.05, 0) is 43.9 Å². The van der Waals surface area contributed by atoms with E-state index in [-0.39, 0.29) is 6.10 Å². The van der Waals surface area contributed by atoms with E-state index in [2.05, 4.69) is 28.3 Å². The van der Waals surface area contributed by atoms with Crippen LogP contribution in [0.3, 0.4) is 0 Å². The van der Waals surface area contributed by atoms with Crippen LogP contribution in [-0.4, -0.2) is 27.7 Å². The summed E-state index contributed by atoms with van der Waals surface area (Å²) in [5, 5.41) is 13.7. The minimum atomic E-state index is -0.287. The van der Waals surface area contributed by atoms with Gasteiger partial charge in [-0.3, -0.25) is 0 Å². The number of nitrogen functional groups attached to an aromatic ring is 1. The molecule has 21 heavy (non-hydrogen) atoms. The molecule has 5 nitrogen and oxygen atoms in total. The van der Waals surface area contributed by atoms with E-state index in [1.54, 1.807) is 0 Å². The molecule has 0 amide bonds. The van der Waals surface area contributed by atoms with Gasteiger partial charge in [0.25, 0.3) is 0 Å². The van der Waals surface area contributed by atoms with Crippen molar-refractivity contribution in [3.05, 3.63) is 23.8 Å². The van der Waals surface area contributed by atoms with Gasteiger partial charge >= 0.3 is 0 Å². The first kappa shape index (κ1) is 15.5. The Kier molecular flexibility index (Phi) is 5.33. The van der Waals surface area contributed by atoms with Gasteiger partial charge in [-0.2, -0.15) is 4.98 Å². The second-order valence-corrected chi connectivity index (χ2v) is 5.45. The lowest BCUT2D eigenvalue weighted by Gasteiger charge is -2.11. The Hall–Kier alpha value is -1.88. The first-order chi connectivity index (χ1) is 10.1. The van der Waals surface area contributed by atoms with E-state index < -0.39 is 0 Å². The summed E-state index contributed by atoms with van der Waals surface area (Å²) in [7, 11) is 0. The zero-order valence-electron chi connectivity index (χ0n) is 12.8. The molecule has 2 rings (SSSR count). The lowest BCUT2D eigenvalue weighted by atomic mass is 10.0. The summed E-state index contributed by atoms with van der Waals surface area (Å²) < 4.78 is 0. The molecule has 0 fully saturated rings. The highest BCUT2D eigenvalue weighted by molar-refractivity contribution is 5.90. The normalized spacial score (nSPS) is 12.5. The number of anilines is 2. The number of aromatic nitrogens is 2. The van der Waals surface area contributed by atoms with Crippen molar-refractivity contribution in [2.75, 3.05) is 17.6 Å². The number of nitrogens with zero attached hydrogens (tertiary/aromatic N) is 2. The summed E-state index contributed by atoms with van der Waals surface area (Å²) >= 11 is 0. The minimum Gasteiger partial charge on any atom is -0.393 e. The number of fused-ring (bicyclic) bond motifs is 1. The lowest BCUT2D eigenvalue weighted by Crippen LogP contribution is -2.07. The summed E-state index contributed by atoms with van der Waals surface area (Å²) in [6, 6.07) is 6.09. The molecule has 1 unspecified atom stereocenters. The van der Waals surface area contributed by atoms with Crippen LogP contribution in [0.25, 0.3) is 10.9 Å². The third kappa shape index (κ3) is 4.29. The Labute approximate surface area is 125 Å². The number of hydrogen-bond donors (Lipinski definition) is 3. The lowest BCUT2D eigenvalue weighted by molar-refractivity contribution is 0.185. The van der Waals surface area contributed by atoms with Gasteiger partial charge in [-0.25, -0.2) is 4.98 Å². The van der Waals surface area contributed by atoms with Gasteiger partial charge in [0.2, 0.25) is 5.95 Å². The number of hydrogen-bond acceptors (Lipinski definition) is 5. The fourth-order valence-corrected chi connectivity index (χ4v) is 2.24. The first-order valence-corrected chi connectivity index (χ1v) is 7.58. The Morgan fingerprint density at radius 1 is 1.33 bits per heavy atom. The molecule has 114 valence electrons. The van der Waals surface area contributed by atoms with E-state index in [9.17, 15) is 5.11 Å². The van der Waals surface area contributed by atoms with Gasteiger partial charge in [0.15, 0.2) is 0 Å². The van der Waals surface area contributed by atoms with E-state index in [0.29, 0.717) is 5.95 Å². The van der Waals surface area contributed by atoms with Crippen molar-refractivity contribution in [1.82, 2.24) is 9.97 Å². The highest BCUT2D eigenvalue weighted by Crippen LogP contribution is 2.23. The summed E-state index contributed by atoms with van der Waals surface area (Å²) in [6.45, 7) is 4.84. The van der Waals surface area contributed by atoms with Crippen molar-refractivity contribution >= 4 is 22.7 Å². The number of nitrogens with two attached hydrogens (primary N) is 1. The van der Waals surface area contributed by atoms with Gasteiger partial charge in [0, 0.05) is 11.9 Å². The molecule has 0 saturated heterocycles. The van der Waals surface area contributed by atoms with Crippen molar-refractivity contribution in [2.24, 2.45) is 0 Å². The monoisotopic (exact) mass is 288 g/mol. The number of aryl methyl sites for hydroxylation is 1. The molecule has 1 aromatic carbocycles. The summed E-state index contributed by atoms with van der Waals surface area (Å²) in [4.78, 5) is 8.59. The maximum atomic E-state index is 9.41. The summed E-state index contributed by atoms with van der Waals surface area (Å²) in [6.07, 6.45) is 3.52. The molecule has 5 heteroatoms. The predicted octanol–water partition coefficient (Wildman–Crippen LogP) is 2.74. The van der Waals surface area contributed by atoms with Crippen LogP contribution in [0.4, 0.5) is 11.8 Å². The highest BCUT2D eigenvalue weighted by Gasteiger charge is 2.07. The fourth-order valence-electron chi connectivity index (χ4n) is 2.24. The van der Waals surface area contributed by atoms with Gasteiger partial charge < -0.3 is 16.2 Å². The van der Waals surface area contributed by atoms with Gasteiger partial charge in [-0.1, -0.05) is 19.4 Å². The molecule has 0 bridgehead atoms. The minimum absolute atomic E-state index is 0.287. The standard InChI is InChI=1S/C16H24N4O/c1-3-4-9-18-15-13-10-12(6-5-11(2)21)7-8-14(13)19-16(17)20-15/h7-8,10-11,21H,3-6,9H2,1-2H3,(H3,17,18,19,20). The molecule has 4 N–H and O–H groups in total. The van der Waals surface area contributed by atoms with Crippen LogP contribution < -0.4 is 11.1 Å². The Morgan fingerprint density at radius 2 is 2.14 bits per heavy atom. The van der Waals surface area contributed by atoms with E-state index >= 15 is 0 Å². The molecular formula is C16H24N4O. The van der Waals surface area contributed by atoms with Crippen LogP contribution in [0.2, 0.25) is 0 Å². The van der Waals surface area contributed by atoms with Crippen molar-refractivity contribution in [1.29, 1.82) is 0 Å². The highest BCUT2D eigenvalue weighted by atomic mass is 16.3. The zero-order chi connectivity index (χ0) is 15.2. The van der Waals surface area contributed by atoms with Gasteiger partial charge in [0.1, 0.15) is 5.82 Å². The average molecular weight is 288 g/mol. The van der Waals surface area contributed by atoms with Crippen LogP contribution in [0.5, 0.6) is 0 Å². The Balaban J connectivity index is 2.29. The molecule has 0 spiro atoms. The molecule has 0 saturated carbocycles. The Bertz CT molecular complexity index is 598. The number of aliphatic hydroxyl groups is 1. The number of unbranched alkanes of at least 4 members (excludes halogenated alkanes) is 1. The maximum absolute atomic E-state index is 9.41. The van der Waals surface area contributed by atoms with Crippen molar-refractivity contribution < 1.29 is 5.11 Å². The van der Waals surface area contributed by atoms with Gasteiger partial charge in [-0.15, -0.1) is 0 Å². The molecule has 1 aromatic heterocycles. The number of nitrogens with one attached hydrogen (secondary N) is 1. The summed E-state index contributed by atoms with van der Waals surface area (Å²) in [5.74, 6) is 1.09. The number of rotatable bonds is 7. The second kappa shape index (κ2) is 7.22. The van der Waals surface area contributed by atoms with Crippen molar-refractivity contribution in [3.63, 3.8) is 0 Å². The maximum Gasteiger partial charge on any atom is 0.222 e. The van der Waals surface area contributed by atoms with Crippen molar-refractivity contribution in [3.8, 4) is 0 Å². The molecule has 1 atom stereocenters. The second-order valence-electron chi connectivity index (χ2n) is 5.45. The third-order valence-corrected chi connectivity index (χ3v) is 3.45. The van der Waals surface area contributed by atoms with Crippen LogP contribution >= 0.6 is 0 Å². The number of benzene rings is 1. The average Bonchev–Trinajstić information content (AvgIpc) is 2.45. The van der Waals surface area contributed by atoms with Crippen molar-refractivity contribution in [2.45, 2.75) is 45.6 Å². The molecule has 1 heterocycles. The zero-order valence-corrected chi connectivity index (χ0v) is 12.8. The van der Waals surface area contributed by atoms with Gasteiger partial charge in [0.05, 0.1) is 11.6 Å². The molecule has 0 aliphatic heterocycles. The molecular weight excluding hydrogens is 264 g/mol. The largest absolute Gasteiger partial charge is 0.393 e. The van der Waals surface area contributed by atoms with E-state index in [0.717, 1.165) is 48.9 Å². The smallest absolute Gasteiger partial charge is 0.222 e. The SMILES string of the molecule is CCCCNc1nc(N)nc2ccc(CCC(C)O)cc12. The molecule has 2 aromatic rings. The molecule has 0 radical (unpaired) electrons. The quantitative estimate of drug-likeness (QED) is 0.682. The van der Waals surface area contributed by atoms with Crippen LogP contribution in [-0.2, 0) is 6.42 Å². The first-order valence-electron chi connectivity index (χ1n) is 7.58. The van der Waals surface area contributed by atoms with Crippen LogP contribution in [0.15, 0.2) is 18.2 Å². The van der Waals surface area contributed by atoms with E-state index in [4.69, 9.17) is 5.73 Å². The van der Waals surface area contributed by atoms with Crippen LogP contribution in [0, 0.1) is 0 Å². The topological polar surface area (TPSA) is 84.1 Å². The Morgan fingerprint density at radius 3 is 2.86 bits per heavy atom. The predicted molar refractivity (Wildman–Crippen MR) is 87.3 cm³/mol. The van der Waals surface area contributed by atoms with Crippen LogP contribution in [0.1, 0.15) is 38.7 Å². The number of aliphatic hydroxyl groups excluding tert-OH is 1. The van der Waals surface area contributed by atoms with E-state index in [1.165, 1.54) is 5.56 Å². The van der Waals surface area contributed by atoms with E-state index in [1.807, 2.05) is 19.1 Å². The molecule has 0 aliphatic rings. The summed E-state index contributed by atoms with van der Waals surface area (Å²) in [5.41, 5.74) is 7.80.